The first-order valence-electron chi connectivity index (χ1n) is 6.28. The molecule has 0 aliphatic carbocycles. The van der Waals surface area contributed by atoms with E-state index in [2.05, 4.69) is 9.98 Å². The Hall–Kier alpha value is -1.79. The number of allylic oxidation sites excluding steroid dienone is 1. The van der Waals surface area contributed by atoms with E-state index in [0.29, 0.717) is 27.4 Å². The van der Waals surface area contributed by atoms with Crippen LogP contribution in [0.5, 0.6) is 11.6 Å². The van der Waals surface area contributed by atoms with Crippen LogP contribution in [0, 0.1) is 0 Å². The first kappa shape index (κ1) is 18.5. The van der Waals surface area contributed by atoms with Gasteiger partial charge >= 0.3 is 5.97 Å². The van der Waals surface area contributed by atoms with Crippen molar-refractivity contribution in [1.29, 1.82) is 0 Å². The number of carbonyl (C=O) groups is 1. The van der Waals surface area contributed by atoms with Gasteiger partial charge in [-0.1, -0.05) is 46.4 Å². The van der Waals surface area contributed by atoms with Gasteiger partial charge in [0.2, 0.25) is 5.88 Å². The minimum Gasteiger partial charge on any atom is -0.477 e. The van der Waals surface area contributed by atoms with Gasteiger partial charge in [-0.2, -0.15) is 0 Å². The Morgan fingerprint density at radius 3 is 2.54 bits per heavy atom. The molecule has 0 atom stereocenters. The first-order valence-corrected chi connectivity index (χ1v) is 7.79. The lowest BCUT2D eigenvalue weighted by Gasteiger charge is -2.06. The van der Waals surface area contributed by atoms with Gasteiger partial charge in [-0.15, -0.1) is 0 Å². The van der Waals surface area contributed by atoms with Gasteiger partial charge in [-0.3, -0.25) is 4.99 Å². The molecular weight excluding hydrogens is 398 g/mol. The predicted octanol–water partition coefficient (Wildman–Crippen LogP) is 5.66. The zero-order valence-electron chi connectivity index (χ0n) is 11.7. The zero-order valence-corrected chi connectivity index (χ0v) is 14.7. The van der Waals surface area contributed by atoms with Crippen molar-refractivity contribution in [2.75, 3.05) is 0 Å². The molecule has 1 heterocycles. The third-order valence-electron chi connectivity index (χ3n) is 2.55. The second-order valence-corrected chi connectivity index (χ2v) is 5.89. The van der Waals surface area contributed by atoms with Crippen molar-refractivity contribution < 1.29 is 14.6 Å². The van der Waals surface area contributed by atoms with Gasteiger partial charge in [0.05, 0.1) is 21.9 Å². The molecule has 5 nitrogen and oxygen atoms in total. The number of pyridine rings is 1. The van der Waals surface area contributed by atoms with Gasteiger partial charge in [0.25, 0.3) is 0 Å². The summed E-state index contributed by atoms with van der Waals surface area (Å²) in [5, 5.41) is 8.81. The number of hydrogen-bond donors (Lipinski definition) is 1. The molecule has 0 saturated carbocycles. The van der Waals surface area contributed by atoms with E-state index >= 15 is 0 Å². The third kappa shape index (κ3) is 5.11. The van der Waals surface area contributed by atoms with Crippen molar-refractivity contribution in [2.24, 2.45) is 4.99 Å². The number of carboxylic acid groups (broad SMARTS) is 1. The molecular formula is C15H8Cl4N2O3. The molecule has 0 aliphatic heterocycles. The highest BCUT2D eigenvalue weighted by Gasteiger charge is 2.08. The molecule has 1 aromatic carbocycles. The fourth-order valence-electron chi connectivity index (χ4n) is 1.47. The molecule has 0 bridgehead atoms. The average Bonchev–Trinajstić information content (AvgIpc) is 2.55. The van der Waals surface area contributed by atoms with Crippen LogP contribution in [0.15, 0.2) is 51.6 Å². The van der Waals surface area contributed by atoms with Crippen LogP contribution in [0.1, 0.15) is 0 Å². The Labute approximate surface area is 157 Å². The number of hydrogen-bond acceptors (Lipinski definition) is 4. The van der Waals surface area contributed by atoms with Crippen molar-refractivity contribution in [3.63, 3.8) is 0 Å². The van der Waals surface area contributed by atoms with Gasteiger partial charge in [0.15, 0.2) is 0 Å². The highest BCUT2D eigenvalue weighted by atomic mass is 35.5. The zero-order chi connectivity index (χ0) is 17.7. The highest BCUT2D eigenvalue weighted by Crippen LogP contribution is 2.31. The molecule has 0 amide bonds. The maximum atomic E-state index is 10.6. The van der Waals surface area contributed by atoms with Gasteiger partial charge in [-0.25, -0.2) is 9.78 Å². The molecule has 1 N–H and O–H groups in total. The molecule has 2 rings (SSSR count). The molecule has 0 radical (unpaired) electrons. The van der Waals surface area contributed by atoms with Crippen LogP contribution >= 0.6 is 46.4 Å². The van der Waals surface area contributed by atoms with E-state index in [1.165, 1.54) is 6.20 Å². The largest absolute Gasteiger partial charge is 0.477 e. The summed E-state index contributed by atoms with van der Waals surface area (Å²) >= 11 is 23.0. The number of aliphatic imine (C=N–C) groups is 1. The fourth-order valence-corrected chi connectivity index (χ4v) is 2.10. The number of nitrogens with zero attached hydrogens (tertiary/aromatic N) is 2. The van der Waals surface area contributed by atoms with Crippen LogP contribution in [0.2, 0.25) is 10.0 Å². The van der Waals surface area contributed by atoms with Gasteiger partial charge < -0.3 is 9.84 Å². The Kier molecular flexibility index (Phi) is 6.45. The summed E-state index contributed by atoms with van der Waals surface area (Å²) in [5.74, 6) is -0.637. The number of rotatable bonds is 5. The SMILES string of the molecule is O=C(O)C(Cl)=C(Cl)C=Nc1ccc(Oc2ccc(Cl)cc2Cl)nc1. The number of halogens is 4. The molecule has 124 valence electrons. The van der Waals surface area contributed by atoms with E-state index in [4.69, 9.17) is 56.2 Å². The van der Waals surface area contributed by atoms with Crippen LogP contribution in [0.4, 0.5) is 5.69 Å². The summed E-state index contributed by atoms with van der Waals surface area (Å²) in [6.07, 6.45) is 2.53. The molecule has 0 fully saturated rings. The molecule has 24 heavy (non-hydrogen) atoms. The lowest BCUT2D eigenvalue weighted by Crippen LogP contribution is -1.96. The van der Waals surface area contributed by atoms with Gasteiger partial charge in [0.1, 0.15) is 10.8 Å². The quantitative estimate of drug-likeness (QED) is 0.514. The van der Waals surface area contributed by atoms with Crippen LogP contribution in [0.25, 0.3) is 0 Å². The highest BCUT2D eigenvalue weighted by molar-refractivity contribution is 6.51. The lowest BCUT2D eigenvalue weighted by atomic mass is 10.3. The van der Waals surface area contributed by atoms with Crippen molar-refractivity contribution in [2.45, 2.75) is 0 Å². The maximum Gasteiger partial charge on any atom is 0.348 e. The summed E-state index contributed by atoms with van der Waals surface area (Å²) in [4.78, 5) is 18.7. The second kappa shape index (κ2) is 8.35. The number of benzene rings is 1. The molecule has 1 aromatic heterocycles. The Balaban J connectivity index is 2.11. The normalized spacial score (nSPS) is 12.2. The minimum atomic E-state index is -1.34. The maximum absolute atomic E-state index is 10.6. The number of carboxylic acids is 1. The topological polar surface area (TPSA) is 71.8 Å². The Bertz CT molecular complexity index is 820. The van der Waals surface area contributed by atoms with Crippen LogP contribution in [-0.4, -0.2) is 22.3 Å². The molecule has 2 aromatic rings. The number of ether oxygens (including phenoxy) is 1. The van der Waals surface area contributed by atoms with E-state index in [9.17, 15) is 4.79 Å². The van der Waals surface area contributed by atoms with Crippen LogP contribution in [0.3, 0.4) is 0 Å². The van der Waals surface area contributed by atoms with E-state index < -0.39 is 11.0 Å². The van der Waals surface area contributed by atoms with Crippen molar-refractivity contribution in [3.8, 4) is 11.6 Å². The lowest BCUT2D eigenvalue weighted by molar-refractivity contribution is -0.131. The van der Waals surface area contributed by atoms with E-state index in [0.717, 1.165) is 6.21 Å². The molecule has 0 unspecified atom stereocenters. The summed E-state index contributed by atoms with van der Waals surface area (Å²) in [6, 6.07) is 7.98. The van der Waals surface area contributed by atoms with Crippen molar-refractivity contribution >= 4 is 64.3 Å². The average molecular weight is 406 g/mol. The van der Waals surface area contributed by atoms with Gasteiger partial charge in [-0.05, 0) is 24.3 Å². The Morgan fingerprint density at radius 1 is 1.21 bits per heavy atom. The first-order chi connectivity index (χ1) is 11.4. The number of aliphatic carboxylic acids is 1. The summed E-state index contributed by atoms with van der Waals surface area (Å²) in [6.45, 7) is 0. The third-order valence-corrected chi connectivity index (χ3v) is 3.83. The van der Waals surface area contributed by atoms with Gasteiger partial charge in [0, 0.05) is 17.3 Å². The summed E-state index contributed by atoms with van der Waals surface area (Å²) < 4.78 is 5.53. The predicted molar refractivity (Wildman–Crippen MR) is 95.3 cm³/mol. The molecule has 0 saturated heterocycles. The molecule has 0 spiro atoms. The summed E-state index contributed by atoms with van der Waals surface area (Å²) in [7, 11) is 0. The van der Waals surface area contributed by atoms with E-state index in [1.807, 2.05) is 0 Å². The minimum absolute atomic E-state index is 0.197. The second-order valence-electron chi connectivity index (χ2n) is 4.26. The molecule has 0 aliphatic rings. The molecule has 9 heteroatoms. The Morgan fingerprint density at radius 2 is 1.96 bits per heavy atom. The van der Waals surface area contributed by atoms with Crippen molar-refractivity contribution in [1.82, 2.24) is 4.98 Å². The standard InChI is InChI=1S/C15H8Cl4N2O3/c16-8-1-3-12(10(17)5-8)24-13-4-2-9(6-21-13)20-7-11(18)14(19)15(22)23/h1-7H,(H,22,23). The van der Waals surface area contributed by atoms with E-state index in [1.54, 1.807) is 30.3 Å². The van der Waals surface area contributed by atoms with E-state index in [-0.39, 0.29) is 5.03 Å². The van der Waals surface area contributed by atoms with Crippen LogP contribution in [-0.2, 0) is 4.79 Å². The smallest absolute Gasteiger partial charge is 0.348 e. The summed E-state index contributed by atoms with van der Waals surface area (Å²) in [5.41, 5.74) is 0.428. The van der Waals surface area contributed by atoms with Crippen LogP contribution < -0.4 is 4.74 Å². The monoisotopic (exact) mass is 404 g/mol. The van der Waals surface area contributed by atoms with Crippen molar-refractivity contribution in [3.05, 3.63) is 56.6 Å². The number of aromatic nitrogens is 1. The fraction of sp³-hybridized carbons (Fsp3) is 0.